The zero-order valence-electron chi connectivity index (χ0n) is 21.6. The molecule has 0 bridgehead atoms. The highest BCUT2D eigenvalue weighted by molar-refractivity contribution is 7.20. The van der Waals surface area contributed by atoms with Crippen LogP contribution in [0.15, 0.2) is 72.8 Å². The Bertz CT molecular complexity index is 1940. The summed E-state index contributed by atoms with van der Waals surface area (Å²) in [6.07, 6.45) is -6.64. The van der Waals surface area contributed by atoms with Crippen molar-refractivity contribution < 1.29 is 50.1 Å². The molecule has 0 aliphatic heterocycles. The summed E-state index contributed by atoms with van der Waals surface area (Å²) in [7, 11) is 0. The molecule has 0 fully saturated rings. The maximum atomic E-state index is 13.6. The van der Waals surface area contributed by atoms with Gasteiger partial charge < -0.3 is 14.6 Å². The van der Waals surface area contributed by atoms with E-state index in [4.69, 9.17) is 14.6 Å². The molecule has 0 radical (unpaired) electrons. The first kappa shape index (κ1) is 30.8. The van der Waals surface area contributed by atoms with Gasteiger partial charge >= 0.3 is 6.18 Å². The first-order valence-electron chi connectivity index (χ1n) is 12.2. The number of thiazole rings is 2. The normalized spacial score (nSPS) is 12.1. The summed E-state index contributed by atoms with van der Waals surface area (Å²) in [4.78, 5) is 18.4. The molecule has 6 rings (SSSR count). The second kappa shape index (κ2) is 12.6. The Labute approximate surface area is 250 Å². The van der Waals surface area contributed by atoms with Crippen LogP contribution < -0.4 is 9.47 Å². The number of ether oxygens (including phenoxy) is 2. The number of fused-ring (bicyclic) bond motifs is 2. The average Bonchev–Trinajstić information content (AvgIpc) is 3.57. The molecule has 4 aromatic carbocycles. The zero-order chi connectivity index (χ0) is 31.6. The predicted octanol–water partition coefficient (Wildman–Crippen LogP) is 9.14. The topological polar surface area (TPSA) is 81.5 Å². The van der Waals surface area contributed by atoms with E-state index in [0.29, 0.717) is 22.1 Å². The van der Waals surface area contributed by atoms with Gasteiger partial charge in [0, 0.05) is 17.7 Å². The lowest BCUT2D eigenvalue weighted by Gasteiger charge is -2.14. The second-order valence-corrected chi connectivity index (χ2v) is 10.8. The summed E-state index contributed by atoms with van der Waals surface area (Å²) in [6, 6.07) is 14.7. The largest absolute Gasteiger partial charge is 0.431 e. The van der Waals surface area contributed by atoms with Crippen molar-refractivity contribution in [2.24, 2.45) is 0 Å². The highest BCUT2D eigenvalue weighted by Gasteiger charge is 2.39. The van der Waals surface area contributed by atoms with E-state index in [1.165, 1.54) is 18.2 Å². The Morgan fingerprint density at radius 3 is 1.55 bits per heavy atom. The van der Waals surface area contributed by atoms with Gasteiger partial charge in [0.05, 0.1) is 9.40 Å². The SMILES string of the molecule is O=Cc1ccc(Oc2nc3c(F)cc(F)cc3s2)cc1.OC(c1ccc(Oc2nc3c(F)cc(F)cc3s2)cc1)C(F)(F)F. The molecule has 44 heavy (non-hydrogen) atoms. The molecular formula is C29H15F7N2O4S2. The summed E-state index contributed by atoms with van der Waals surface area (Å²) in [6.45, 7) is 0. The minimum atomic E-state index is -4.77. The van der Waals surface area contributed by atoms with Crippen molar-refractivity contribution in [1.29, 1.82) is 0 Å². The Morgan fingerprint density at radius 2 is 1.14 bits per heavy atom. The number of halogens is 7. The number of nitrogens with zero attached hydrogens (tertiary/aromatic N) is 2. The van der Waals surface area contributed by atoms with Crippen LogP contribution in [0.3, 0.4) is 0 Å². The number of hydrogen-bond donors (Lipinski definition) is 1. The molecule has 1 N–H and O–H groups in total. The smallest absolute Gasteiger partial charge is 0.418 e. The van der Waals surface area contributed by atoms with Crippen LogP contribution in [0.4, 0.5) is 30.7 Å². The fourth-order valence-corrected chi connectivity index (χ4v) is 5.43. The van der Waals surface area contributed by atoms with Crippen LogP contribution in [-0.2, 0) is 0 Å². The third kappa shape index (κ3) is 7.12. The third-order valence-corrected chi connectivity index (χ3v) is 7.48. The highest BCUT2D eigenvalue weighted by Crippen LogP contribution is 2.36. The number of aliphatic hydroxyl groups is 1. The zero-order valence-corrected chi connectivity index (χ0v) is 23.2. The third-order valence-electron chi connectivity index (χ3n) is 5.72. The van der Waals surface area contributed by atoms with Crippen molar-refractivity contribution in [2.45, 2.75) is 12.3 Å². The molecule has 2 heterocycles. The van der Waals surface area contributed by atoms with Crippen LogP contribution in [0, 0.1) is 23.3 Å². The molecule has 6 nitrogen and oxygen atoms in total. The van der Waals surface area contributed by atoms with Crippen LogP contribution >= 0.6 is 22.7 Å². The minimum Gasteiger partial charge on any atom is -0.431 e. The monoisotopic (exact) mass is 652 g/mol. The number of aliphatic hydroxyl groups excluding tert-OH is 1. The number of carbonyl (C=O) groups excluding carboxylic acids is 1. The van der Waals surface area contributed by atoms with Crippen molar-refractivity contribution >= 4 is 49.4 Å². The molecule has 0 amide bonds. The van der Waals surface area contributed by atoms with Gasteiger partial charge in [-0.3, -0.25) is 4.79 Å². The number of alkyl halides is 3. The lowest BCUT2D eigenvalue weighted by atomic mass is 10.1. The Kier molecular flexibility index (Phi) is 8.80. The maximum Gasteiger partial charge on any atom is 0.418 e. The van der Waals surface area contributed by atoms with Crippen molar-refractivity contribution in [2.75, 3.05) is 0 Å². The summed E-state index contributed by atoms with van der Waals surface area (Å²) < 4.78 is 102. The Morgan fingerprint density at radius 1 is 0.705 bits per heavy atom. The fourth-order valence-electron chi connectivity index (χ4n) is 3.68. The van der Waals surface area contributed by atoms with Gasteiger partial charge in [-0.25, -0.2) is 17.6 Å². The molecule has 0 saturated carbocycles. The predicted molar refractivity (Wildman–Crippen MR) is 149 cm³/mol. The molecule has 0 saturated heterocycles. The van der Waals surface area contributed by atoms with Gasteiger partial charge in [-0.1, -0.05) is 34.8 Å². The molecule has 0 aliphatic carbocycles. The number of benzene rings is 4. The fraction of sp³-hybridized carbons (Fsp3) is 0.0690. The van der Waals surface area contributed by atoms with Crippen LogP contribution in [-0.4, -0.2) is 27.5 Å². The van der Waals surface area contributed by atoms with Crippen LogP contribution in [0.2, 0.25) is 0 Å². The Hall–Kier alpha value is -4.60. The first-order chi connectivity index (χ1) is 20.9. The van der Waals surface area contributed by atoms with E-state index < -0.39 is 35.5 Å². The van der Waals surface area contributed by atoms with Crippen molar-refractivity contribution in [1.82, 2.24) is 9.97 Å². The lowest BCUT2D eigenvalue weighted by Crippen LogP contribution is -2.19. The number of carbonyl (C=O) groups is 1. The van der Waals surface area contributed by atoms with Gasteiger partial charge in [0.2, 0.25) is 0 Å². The average molecular weight is 653 g/mol. The van der Waals surface area contributed by atoms with Crippen LogP contribution in [0.1, 0.15) is 22.0 Å². The van der Waals surface area contributed by atoms with Gasteiger partial charge in [-0.15, -0.1) is 0 Å². The van der Waals surface area contributed by atoms with E-state index >= 15 is 0 Å². The van der Waals surface area contributed by atoms with Gasteiger partial charge in [0.25, 0.3) is 10.4 Å². The van der Waals surface area contributed by atoms with Gasteiger partial charge in [-0.2, -0.15) is 23.1 Å². The van der Waals surface area contributed by atoms with E-state index in [9.17, 15) is 35.5 Å². The second-order valence-electron chi connectivity index (χ2n) is 8.83. The quantitative estimate of drug-likeness (QED) is 0.143. The van der Waals surface area contributed by atoms with Crippen molar-refractivity contribution in [3.63, 3.8) is 0 Å². The summed E-state index contributed by atoms with van der Waals surface area (Å²) in [5.41, 5.74) is 0.207. The van der Waals surface area contributed by atoms with Gasteiger partial charge in [0.1, 0.15) is 40.5 Å². The van der Waals surface area contributed by atoms with E-state index in [1.807, 2.05) is 0 Å². The lowest BCUT2D eigenvalue weighted by molar-refractivity contribution is -0.206. The molecule has 6 aromatic rings. The van der Waals surface area contributed by atoms with Crippen LogP contribution in [0.25, 0.3) is 20.4 Å². The van der Waals surface area contributed by atoms with E-state index in [0.717, 1.165) is 53.2 Å². The van der Waals surface area contributed by atoms with Crippen molar-refractivity contribution in [3.8, 4) is 21.9 Å². The first-order valence-corrected chi connectivity index (χ1v) is 13.8. The number of rotatable bonds is 6. The molecule has 0 aliphatic rings. The molecule has 226 valence electrons. The molecular weight excluding hydrogens is 637 g/mol. The molecule has 15 heteroatoms. The molecule has 0 spiro atoms. The van der Waals surface area contributed by atoms with E-state index in [1.54, 1.807) is 24.3 Å². The molecule has 1 unspecified atom stereocenters. The molecule has 2 aromatic heterocycles. The number of aldehydes is 1. The molecule has 1 atom stereocenters. The summed E-state index contributed by atoms with van der Waals surface area (Å²) in [5.74, 6) is -2.34. The van der Waals surface area contributed by atoms with Crippen LogP contribution in [0.5, 0.6) is 21.9 Å². The minimum absolute atomic E-state index is 0.0126. The summed E-state index contributed by atoms with van der Waals surface area (Å²) >= 11 is 1.94. The number of hydrogen-bond acceptors (Lipinski definition) is 8. The van der Waals surface area contributed by atoms with Gasteiger partial charge in [-0.05, 0) is 54.1 Å². The van der Waals surface area contributed by atoms with Crippen molar-refractivity contribution in [3.05, 3.63) is 107 Å². The summed E-state index contributed by atoms with van der Waals surface area (Å²) in [5, 5.41) is 9.36. The highest BCUT2D eigenvalue weighted by atomic mass is 32.1. The van der Waals surface area contributed by atoms with E-state index in [2.05, 4.69) is 9.97 Å². The Balaban J connectivity index is 0.000000177. The van der Waals surface area contributed by atoms with E-state index in [-0.39, 0.29) is 37.4 Å². The maximum absolute atomic E-state index is 13.6. The standard InChI is InChI=1S/C15H8F5NO2S.C14H7F2NO2S/c16-8-5-10(17)12-11(6-8)24-14(21-12)23-9-3-1-7(2-4-9)13(22)15(18,19)20;15-9-5-11(16)13-12(6-9)20-14(17-13)19-10-3-1-8(7-18)2-4-10/h1-6,13,22H;1-7H. The number of aromatic nitrogens is 2. The van der Waals surface area contributed by atoms with Gasteiger partial charge in [0.15, 0.2) is 17.7 Å².